The molecule has 9 heteroatoms. The second-order valence-corrected chi connectivity index (χ2v) is 8.97. The number of aromatic nitrogens is 2. The first kappa shape index (κ1) is 24.1. The van der Waals surface area contributed by atoms with Gasteiger partial charge < -0.3 is 16.0 Å². The van der Waals surface area contributed by atoms with Crippen LogP contribution in [0.3, 0.4) is 0 Å². The molecular weight excluding hydrogens is 468 g/mol. The molecule has 0 fully saturated rings. The number of rotatable bonds is 8. The van der Waals surface area contributed by atoms with Gasteiger partial charge in [0.25, 0.3) is 5.69 Å². The number of H-pyrrole nitrogens is 1. The molecule has 37 heavy (non-hydrogen) atoms. The minimum atomic E-state index is -0.792. The lowest BCUT2D eigenvalue weighted by atomic mass is 9.89. The van der Waals surface area contributed by atoms with Crippen LogP contribution in [-0.4, -0.2) is 33.1 Å². The van der Waals surface area contributed by atoms with Gasteiger partial charge in [-0.25, -0.2) is 4.98 Å². The Kier molecular flexibility index (Phi) is 6.61. The van der Waals surface area contributed by atoms with Gasteiger partial charge in [0, 0.05) is 23.4 Å². The number of aromatic amines is 1. The molecule has 4 aromatic rings. The highest BCUT2D eigenvalue weighted by molar-refractivity contribution is 6.24. The summed E-state index contributed by atoms with van der Waals surface area (Å²) in [4.78, 5) is 36.5. The van der Waals surface area contributed by atoms with E-state index in [1.807, 2.05) is 55.5 Å². The fourth-order valence-electron chi connectivity index (χ4n) is 4.50. The maximum Gasteiger partial charge on any atom is 0.269 e. The molecule has 0 saturated heterocycles. The van der Waals surface area contributed by atoms with Crippen LogP contribution in [0.1, 0.15) is 34.9 Å². The Hall–Kier alpha value is -4.63. The zero-order valence-corrected chi connectivity index (χ0v) is 20.3. The summed E-state index contributed by atoms with van der Waals surface area (Å²) in [5.74, 6) is -0.236. The lowest BCUT2D eigenvalue weighted by Crippen LogP contribution is -2.22. The van der Waals surface area contributed by atoms with Gasteiger partial charge in [0.05, 0.1) is 28.2 Å². The minimum absolute atomic E-state index is 0.0732. The number of hydrogen-bond acceptors (Lipinski definition) is 6. The molecule has 4 N–H and O–H groups in total. The maximum atomic E-state index is 13.2. The highest BCUT2D eigenvalue weighted by atomic mass is 16.6. The lowest BCUT2D eigenvalue weighted by Gasteiger charge is -2.15. The van der Waals surface area contributed by atoms with E-state index in [0.29, 0.717) is 29.2 Å². The fraction of sp³-hybridized carbons (Fsp3) is 0.179. The first-order valence-corrected chi connectivity index (χ1v) is 12.0. The number of nitrogens with one attached hydrogen (secondary N) is 2. The van der Waals surface area contributed by atoms with Gasteiger partial charge in [-0.15, -0.1) is 0 Å². The van der Waals surface area contributed by atoms with Crippen LogP contribution in [0.4, 0.5) is 17.1 Å². The van der Waals surface area contributed by atoms with E-state index in [2.05, 4.69) is 15.3 Å². The Morgan fingerprint density at radius 3 is 2.51 bits per heavy atom. The number of hydrogen-bond donors (Lipinski definition) is 3. The number of nitro benzene ring substituents is 1. The Morgan fingerprint density at radius 1 is 1.11 bits per heavy atom. The third-order valence-corrected chi connectivity index (χ3v) is 6.40. The molecule has 0 saturated carbocycles. The highest BCUT2D eigenvalue weighted by Crippen LogP contribution is 2.38. The van der Waals surface area contributed by atoms with Crippen LogP contribution in [0.2, 0.25) is 0 Å². The van der Waals surface area contributed by atoms with Crippen molar-refractivity contribution in [2.75, 3.05) is 11.9 Å². The summed E-state index contributed by atoms with van der Waals surface area (Å²) in [6.07, 6.45) is 3.51. The fourth-order valence-corrected chi connectivity index (χ4v) is 4.50. The average molecular weight is 495 g/mol. The van der Waals surface area contributed by atoms with Crippen molar-refractivity contribution in [1.29, 1.82) is 0 Å². The van der Waals surface area contributed by atoms with Crippen LogP contribution in [0.5, 0.6) is 0 Å². The third kappa shape index (κ3) is 5.03. The number of imidazole rings is 1. The number of non-ortho nitro benzene ring substituents is 1. The standard InChI is InChI=1S/C28H26N6O3/c1-17-30-16-25(31-17)19-8-10-21(11-9-19)32-27(20-6-4-18(5-7-20)3-2-14-29)26-23-15-22(34(36)37)12-13-24(23)33-28(26)35/h4-13,15-16,26H,2-3,14,29H2,1H3,(H,30,31)(H,33,35). The molecule has 5 rings (SSSR count). The largest absolute Gasteiger partial charge is 0.342 e. The minimum Gasteiger partial charge on any atom is -0.342 e. The lowest BCUT2D eigenvalue weighted by molar-refractivity contribution is -0.384. The predicted octanol–water partition coefficient (Wildman–Crippen LogP) is 5.04. The molecule has 0 bridgehead atoms. The van der Waals surface area contributed by atoms with Crippen LogP contribution in [-0.2, 0) is 11.2 Å². The molecule has 0 aliphatic carbocycles. The number of aryl methyl sites for hydroxylation is 2. The molecule has 2 heterocycles. The predicted molar refractivity (Wildman–Crippen MR) is 143 cm³/mol. The van der Waals surface area contributed by atoms with E-state index in [0.717, 1.165) is 41.1 Å². The molecule has 1 amide bonds. The average Bonchev–Trinajstić information content (AvgIpc) is 3.48. The normalized spacial score (nSPS) is 14.9. The van der Waals surface area contributed by atoms with Crippen LogP contribution in [0, 0.1) is 17.0 Å². The summed E-state index contributed by atoms with van der Waals surface area (Å²) in [6.45, 7) is 2.50. The summed E-state index contributed by atoms with van der Waals surface area (Å²) in [6, 6.07) is 19.9. The van der Waals surface area contributed by atoms with Crippen molar-refractivity contribution in [3.63, 3.8) is 0 Å². The van der Waals surface area contributed by atoms with E-state index in [1.54, 1.807) is 12.3 Å². The van der Waals surface area contributed by atoms with Crippen molar-refractivity contribution in [2.24, 2.45) is 10.7 Å². The number of nitrogens with two attached hydrogens (primary N) is 1. The van der Waals surface area contributed by atoms with Crippen molar-refractivity contribution in [3.05, 3.63) is 106 Å². The van der Waals surface area contributed by atoms with Gasteiger partial charge in [0.15, 0.2) is 0 Å². The molecule has 1 aliphatic heterocycles. The smallest absolute Gasteiger partial charge is 0.269 e. The van der Waals surface area contributed by atoms with Crippen molar-refractivity contribution in [2.45, 2.75) is 25.7 Å². The maximum absolute atomic E-state index is 13.2. The molecule has 3 aromatic carbocycles. The molecule has 9 nitrogen and oxygen atoms in total. The van der Waals surface area contributed by atoms with E-state index in [1.165, 1.54) is 12.1 Å². The molecule has 1 atom stereocenters. The SMILES string of the molecule is Cc1ncc(-c2ccc(N=C(c3ccc(CCCN)cc3)C3C(=O)Nc4ccc([N+](=O)[O-])cc43)cc2)[nH]1. The van der Waals surface area contributed by atoms with Gasteiger partial charge in [-0.3, -0.25) is 19.9 Å². The summed E-state index contributed by atoms with van der Waals surface area (Å²) in [5, 5.41) is 14.3. The first-order chi connectivity index (χ1) is 17.9. The number of anilines is 1. The molecule has 1 aliphatic rings. The molecule has 0 spiro atoms. The number of carbonyl (C=O) groups excluding carboxylic acids is 1. The van der Waals surface area contributed by atoms with Crippen molar-refractivity contribution < 1.29 is 9.72 Å². The van der Waals surface area contributed by atoms with Crippen LogP contribution < -0.4 is 11.1 Å². The monoisotopic (exact) mass is 494 g/mol. The Bertz CT molecular complexity index is 1490. The molecule has 0 radical (unpaired) electrons. The van der Waals surface area contributed by atoms with Gasteiger partial charge in [-0.05, 0) is 61.2 Å². The van der Waals surface area contributed by atoms with E-state index in [-0.39, 0.29) is 11.6 Å². The Balaban J connectivity index is 1.58. The number of benzene rings is 3. The van der Waals surface area contributed by atoms with E-state index in [4.69, 9.17) is 10.7 Å². The van der Waals surface area contributed by atoms with Crippen LogP contribution in [0.15, 0.2) is 77.9 Å². The van der Waals surface area contributed by atoms with Gasteiger partial charge in [-0.1, -0.05) is 36.4 Å². The zero-order chi connectivity index (χ0) is 25.9. The topological polar surface area (TPSA) is 139 Å². The van der Waals surface area contributed by atoms with Crippen LogP contribution in [0.25, 0.3) is 11.3 Å². The number of nitrogens with zero attached hydrogens (tertiary/aromatic N) is 3. The summed E-state index contributed by atoms with van der Waals surface area (Å²) >= 11 is 0. The van der Waals surface area contributed by atoms with E-state index in [9.17, 15) is 14.9 Å². The van der Waals surface area contributed by atoms with Gasteiger partial charge >= 0.3 is 0 Å². The summed E-state index contributed by atoms with van der Waals surface area (Å²) in [5.41, 5.74) is 11.6. The Morgan fingerprint density at radius 2 is 1.86 bits per heavy atom. The van der Waals surface area contributed by atoms with Crippen molar-refractivity contribution >= 4 is 28.7 Å². The molecule has 1 unspecified atom stereocenters. The van der Waals surface area contributed by atoms with E-state index >= 15 is 0 Å². The van der Waals surface area contributed by atoms with Gasteiger partial charge in [0.1, 0.15) is 11.7 Å². The highest BCUT2D eigenvalue weighted by Gasteiger charge is 2.36. The summed E-state index contributed by atoms with van der Waals surface area (Å²) in [7, 11) is 0. The second kappa shape index (κ2) is 10.2. The second-order valence-electron chi connectivity index (χ2n) is 8.97. The number of fused-ring (bicyclic) bond motifs is 1. The summed E-state index contributed by atoms with van der Waals surface area (Å²) < 4.78 is 0. The van der Waals surface area contributed by atoms with E-state index < -0.39 is 10.8 Å². The Labute approximate surface area is 213 Å². The first-order valence-electron chi connectivity index (χ1n) is 12.0. The molecular formula is C28H26N6O3. The number of carbonyl (C=O) groups is 1. The number of nitro groups is 1. The number of aliphatic imine (C=N–C) groups is 1. The zero-order valence-electron chi connectivity index (χ0n) is 20.3. The van der Waals surface area contributed by atoms with Gasteiger partial charge in [-0.2, -0.15) is 0 Å². The number of amides is 1. The quantitative estimate of drug-likeness (QED) is 0.179. The van der Waals surface area contributed by atoms with Gasteiger partial charge in [0.2, 0.25) is 5.91 Å². The molecule has 186 valence electrons. The molecule has 1 aromatic heterocycles. The van der Waals surface area contributed by atoms with Crippen LogP contribution >= 0.6 is 0 Å². The van der Waals surface area contributed by atoms with Crippen molar-refractivity contribution in [3.8, 4) is 11.3 Å². The third-order valence-electron chi connectivity index (χ3n) is 6.40. The van der Waals surface area contributed by atoms with Crippen molar-refractivity contribution in [1.82, 2.24) is 9.97 Å².